The second-order valence-corrected chi connectivity index (χ2v) is 4.06. The van der Waals surface area contributed by atoms with Gasteiger partial charge in [0, 0.05) is 15.8 Å². The summed E-state index contributed by atoms with van der Waals surface area (Å²) >= 11 is 2.24. The predicted octanol–water partition coefficient (Wildman–Crippen LogP) is 1.84. The summed E-state index contributed by atoms with van der Waals surface area (Å²) in [4.78, 5) is 11.1. The Kier molecular flexibility index (Phi) is 4.72. The number of amides is 1. The minimum absolute atomic E-state index is 0.0198. The Morgan fingerprint density at radius 1 is 1.50 bits per heavy atom. The Morgan fingerprint density at radius 3 is 2.93 bits per heavy atom. The van der Waals surface area contributed by atoms with Crippen LogP contribution in [0.25, 0.3) is 0 Å². The van der Waals surface area contributed by atoms with E-state index in [1.807, 2.05) is 31.2 Å². The Morgan fingerprint density at radius 2 is 2.29 bits per heavy atom. The van der Waals surface area contributed by atoms with Gasteiger partial charge in [0.15, 0.2) is 0 Å². The van der Waals surface area contributed by atoms with Crippen molar-refractivity contribution in [1.29, 1.82) is 0 Å². The molecule has 0 unspecified atom stereocenters. The quantitative estimate of drug-likeness (QED) is 0.834. The third-order valence-electron chi connectivity index (χ3n) is 1.65. The normalized spacial score (nSPS) is 9.57. The molecule has 0 saturated carbocycles. The molecule has 1 rings (SSSR count). The van der Waals surface area contributed by atoms with Gasteiger partial charge in [-0.2, -0.15) is 0 Å². The molecule has 0 bridgehead atoms. The molecule has 2 N–H and O–H groups in total. The molecule has 0 aliphatic rings. The number of rotatable bonds is 4. The standard InChI is InChI=1S/C10H13IN2O/c1-2-12-10(14)7-13-9-5-3-4-8(11)6-9/h3-6,13H,2,7H2,1H3,(H,12,14). The van der Waals surface area contributed by atoms with Gasteiger partial charge in [-0.15, -0.1) is 0 Å². The van der Waals surface area contributed by atoms with Crippen LogP contribution in [0.15, 0.2) is 24.3 Å². The number of carbonyl (C=O) groups excluding carboxylic acids is 1. The second kappa shape index (κ2) is 5.85. The summed E-state index contributed by atoms with van der Waals surface area (Å²) in [5.41, 5.74) is 0.975. The van der Waals surface area contributed by atoms with Gasteiger partial charge in [0.25, 0.3) is 0 Å². The van der Waals surface area contributed by atoms with Crippen LogP contribution in [0.2, 0.25) is 0 Å². The smallest absolute Gasteiger partial charge is 0.239 e. The van der Waals surface area contributed by atoms with Crippen molar-refractivity contribution in [3.63, 3.8) is 0 Å². The number of hydrogen-bond acceptors (Lipinski definition) is 2. The maximum atomic E-state index is 11.1. The van der Waals surface area contributed by atoms with Crippen LogP contribution in [0.3, 0.4) is 0 Å². The fraction of sp³-hybridized carbons (Fsp3) is 0.300. The van der Waals surface area contributed by atoms with Crippen LogP contribution in [0.4, 0.5) is 5.69 Å². The zero-order valence-electron chi connectivity index (χ0n) is 8.01. The first-order valence-electron chi connectivity index (χ1n) is 4.48. The van der Waals surface area contributed by atoms with Crippen LogP contribution in [-0.2, 0) is 4.79 Å². The van der Waals surface area contributed by atoms with Gasteiger partial charge in [0.1, 0.15) is 0 Å². The third kappa shape index (κ3) is 3.95. The van der Waals surface area contributed by atoms with Crippen molar-refractivity contribution in [3.05, 3.63) is 27.8 Å². The van der Waals surface area contributed by atoms with Crippen molar-refractivity contribution >= 4 is 34.2 Å². The number of halogens is 1. The number of likely N-dealkylation sites (N-methyl/N-ethyl adjacent to an activating group) is 1. The molecule has 1 aromatic rings. The number of carbonyl (C=O) groups is 1. The predicted molar refractivity (Wildman–Crippen MR) is 66.3 cm³/mol. The summed E-state index contributed by atoms with van der Waals surface area (Å²) in [7, 11) is 0. The number of hydrogen-bond donors (Lipinski definition) is 2. The average Bonchev–Trinajstić information content (AvgIpc) is 2.15. The van der Waals surface area contributed by atoms with E-state index in [2.05, 4.69) is 33.2 Å². The minimum Gasteiger partial charge on any atom is -0.376 e. The van der Waals surface area contributed by atoms with Gasteiger partial charge in [-0.05, 0) is 47.7 Å². The van der Waals surface area contributed by atoms with E-state index in [-0.39, 0.29) is 5.91 Å². The lowest BCUT2D eigenvalue weighted by Crippen LogP contribution is -2.29. The second-order valence-electron chi connectivity index (χ2n) is 2.82. The fourth-order valence-corrected chi connectivity index (χ4v) is 1.58. The zero-order chi connectivity index (χ0) is 10.4. The van der Waals surface area contributed by atoms with Gasteiger partial charge in [0.05, 0.1) is 6.54 Å². The maximum absolute atomic E-state index is 11.1. The van der Waals surface area contributed by atoms with E-state index < -0.39 is 0 Å². The van der Waals surface area contributed by atoms with E-state index in [9.17, 15) is 4.79 Å². The first-order chi connectivity index (χ1) is 6.72. The van der Waals surface area contributed by atoms with E-state index in [4.69, 9.17) is 0 Å². The van der Waals surface area contributed by atoms with Crippen molar-refractivity contribution in [3.8, 4) is 0 Å². The highest BCUT2D eigenvalue weighted by molar-refractivity contribution is 14.1. The van der Waals surface area contributed by atoms with E-state index in [0.717, 1.165) is 9.26 Å². The molecule has 0 radical (unpaired) electrons. The molecule has 4 heteroatoms. The zero-order valence-corrected chi connectivity index (χ0v) is 10.2. The molecular formula is C10H13IN2O. The van der Waals surface area contributed by atoms with E-state index >= 15 is 0 Å². The topological polar surface area (TPSA) is 41.1 Å². The SMILES string of the molecule is CCNC(=O)CNc1cccc(I)c1. The molecule has 0 heterocycles. The van der Waals surface area contributed by atoms with Crippen LogP contribution in [-0.4, -0.2) is 19.0 Å². The van der Waals surface area contributed by atoms with Crippen molar-refractivity contribution in [2.75, 3.05) is 18.4 Å². The van der Waals surface area contributed by atoms with Gasteiger partial charge >= 0.3 is 0 Å². The monoisotopic (exact) mass is 304 g/mol. The third-order valence-corrected chi connectivity index (χ3v) is 2.32. The number of anilines is 1. The number of nitrogens with one attached hydrogen (secondary N) is 2. The lowest BCUT2D eigenvalue weighted by atomic mass is 10.3. The molecule has 0 aliphatic heterocycles. The van der Waals surface area contributed by atoms with E-state index in [1.165, 1.54) is 0 Å². The molecule has 0 atom stereocenters. The summed E-state index contributed by atoms with van der Waals surface area (Å²) in [5, 5.41) is 5.78. The molecule has 0 spiro atoms. The Balaban J connectivity index is 2.41. The van der Waals surface area contributed by atoms with E-state index in [0.29, 0.717) is 13.1 Å². The van der Waals surface area contributed by atoms with Gasteiger partial charge in [-0.25, -0.2) is 0 Å². The molecule has 1 amide bonds. The van der Waals surface area contributed by atoms with Gasteiger partial charge in [-0.1, -0.05) is 6.07 Å². The molecule has 1 aromatic carbocycles. The van der Waals surface area contributed by atoms with Crippen LogP contribution < -0.4 is 10.6 Å². The molecule has 0 saturated heterocycles. The average molecular weight is 304 g/mol. The summed E-state index contributed by atoms with van der Waals surface area (Å²) in [6.45, 7) is 2.91. The minimum atomic E-state index is 0.0198. The van der Waals surface area contributed by atoms with Crippen LogP contribution >= 0.6 is 22.6 Å². The lowest BCUT2D eigenvalue weighted by molar-refractivity contribution is -0.119. The Bertz CT molecular complexity index is 315. The highest BCUT2D eigenvalue weighted by Crippen LogP contribution is 2.11. The molecule has 3 nitrogen and oxygen atoms in total. The fourth-order valence-electron chi connectivity index (χ4n) is 1.04. The lowest BCUT2D eigenvalue weighted by Gasteiger charge is -2.06. The molecule has 76 valence electrons. The van der Waals surface area contributed by atoms with E-state index in [1.54, 1.807) is 0 Å². The maximum Gasteiger partial charge on any atom is 0.239 e. The molecular weight excluding hydrogens is 291 g/mol. The molecule has 0 aromatic heterocycles. The van der Waals surface area contributed by atoms with Crippen molar-refractivity contribution in [1.82, 2.24) is 5.32 Å². The number of benzene rings is 1. The van der Waals surface area contributed by atoms with Crippen molar-refractivity contribution in [2.45, 2.75) is 6.92 Å². The largest absolute Gasteiger partial charge is 0.376 e. The molecule has 0 aliphatic carbocycles. The Hall–Kier alpha value is -0.780. The Labute approximate surface area is 97.4 Å². The van der Waals surface area contributed by atoms with Gasteiger partial charge < -0.3 is 10.6 Å². The molecule has 14 heavy (non-hydrogen) atoms. The molecule has 0 fully saturated rings. The van der Waals surface area contributed by atoms with Crippen molar-refractivity contribution in [2.24, 2.45) is 0 Å². The summed E-state index contributed by atoms with van der Waals surface area (Å²) in [5.74, 6) is 0.0198. The van der Waals surface area contributed by atoms with Crippen LogP contribution in [0.5, 0.6) is 0 Å². The van der Waals surface area contributed by atoms with Gasteiger partial charge in [-0.3, -0.25) is 4.79 Å². The van der Waals surface area contributed by atoms with Crippen molar-refractivity contribution < 1.29 is 4.79 Å². The van der Waals surface area contributed by atoms with Crippen LogP contribution in [0, 0.1) is 3.57 Å². The summed E-state index contributed by atoms with van der Waals surface area (Å²) in [6, 6.07) is 7.92. The summed E-state index contributed by atoms with van der Waals surface area (Å²) < 4.78 is 1.16. The first kappa shape index (κ1) is 11.3. The first-order valence-corrected chi connectivity index (χ1v) is 5.56. The summed E-state index contributed by atoms with van der Waals surface area (Å²) in [6.07, 6.45) is 0. The van der Waals surface area contributed by atoms with Gasteiger partial charge in [0.2, 0.25) is 5.91 Å². The highest BCUT2D eigenvalue weighted by atomic mass is 127. The van der Waals surface area contributed by atoms with Crippen LogP contribution in [0.1, 0.15) is 6.92 Å². The highest BCUT2D eigenvalue weighted by Gasteiger charge is 1.98.